The van der Waals surface area contributed by atoms with Gasteiger partial charge in [-0.3, -0.25) is 14.8 Å². The lowest BCUT2D eigenvalue weighted by Gasteiger charge is -2.36. The maximum Gasteiger partial charge on any atom is 0.412 e. The summed E-state index contributed by atoms with van der Waals surface area (Å²) in [5.41, 5.74) is 3.64. The molecule has 2 aromatic heterocycles. The molecule has 2 heterocycles. The summed E-state index contributed by atoms with van der Waals surface area (Å²) in [6, 6.07) is 15.2. The Hall–Kier alpha value is -5.24. The van der Waals surface area contributed by atoms with E-state index in [0.717, 1.165) is 74.6 Å². The molecule has 2 aliphatic carbocycles. The van der Waals surface area contributed by atoms with Gasteiger partial charge in [0.05, 0.1) is 28.0 Å². The number of halogens is 1. The van der Waals surface area contributed by atoms with Crippen LogP contribution in [0.25, 0.3) is 11.3 Å². The molecule has 14 nitrogen and oxygen atoms in total. The molecule has 2 N–H and O–H groups in total. The van der Waals surface area contributed by atoms with E-state index in [2.05, 4.69) is 20.7 Å². The number of rotatable bonds is 17. The van der Waals surface area contributed by atoms with Crippen LogP contribution in [-0.4, -0.2) is 66.9 Å². The second-order valence-electron chi connectivity index (χ2n) is 14.0. The standard InChI is InChI=1S/C39H47ClN8O6/c1-46-35(23-27-11-12-27)33(24-43-46)36-34(40)25-42-37(45-36)44-29-13-15-30(16-14-29)47(39(50)53-26-28-9-5-4-6-10-28)22-8-3-2-7-21-41-38(49)54-32-19-17-31(18-20-32)48(51)52/h4-6,9-10,17-20,24-25,27,29-30H,2-3,7-8,11-16,21-23,26H2,1H3,(H,41,49)(H,42,44,45). The highest BCUT2D eigenvalue weighted by atomic mass is 35.5. The number of aryl methyl sites for hydroxylation is 1. The Morgan fingerprint density at radius 1 is 0.981 bits per heavy atom. The van der Waals surface area contributed by atoms with Crippen LogP contribution in [0.1, 0.15) is 75.5 Å². The second-order valence-corrected chi connectivity index (χ2v) is 14.4. The van der Waals surface area contributed by atoms with Crippen molar-refractivity contribution in [2.24, 2.45) is 13.0 Å². The Balaban J connectivity index is 0.974. The molecule has 15 heteroatoms. The van der Waals surface area contributed by atoms with Crippen molar-refractivity contribution in [3.8, 4) is 17.0 Å². The lowest BCUT2D eigenvalue weighted by Crippen LogP contribution is -2.44. The smallest absolute Gasteiger partial charge is 0.412 e. The molecule has 0 unspecified atom stereocenters. The van der Waals surface area contributed by atoms with Gasteiger partial charge in [0.2, 0.25) is 5.95 Å². The van der Waals surface area contributed by atoms with Gasteiger partial charge in [0, 0.05) is 55.6 Å². The third kappa shape index (κ3) is 10.9. The molecule has 54 heavy (non-hydrogen) atoms. The Labute approximate surface area is 319 Å². The average Bonchev–Trinajstić information content (AvgIpc) is 3.94. The van der Waals surface area contributed by atoms with Crippen molar-refractivity contribution < 1.29 is 24.0 Å². The van der Waals surface area contributed by atoms with Crippen molar-refractivity contribution >= 4 is 35.4 Å². The molecule has 0 radical (unpaired) electrons. The number of non-ortho nitro benzene ring substituents is 1. The van der Waals surface area contributed by atoms with Gasteiger partial charge >= 0.3 is 12.2 Å². The third-order valence-electron chi connectivity index (χ3n) is 10.0. The predicted molar refractivity (Wildman–Crippen MR) is 204 cm³/mol. The van der Waals surface area contributed by atoms with Crippen molar-refractivity contribution in [3.63, 3.8) is 0 Å². The molecule has 0 bridgehead atoms. The Kier molecular flexibility index (Phi) is 13.3. The zero-order valence-corrected chi connectivity index (χ0v) is 31.2. The number of unbranched alkanes of at least 4 members (excludes halogenated alkanes) is 3. The third-order valence-corrected chi connectivity index (χ3v) is 10.3. The number of ether oxygens (including phenoxy) is 2. The number of nitro groups is 1. The fraction of sp³-hybridized carbons (Fsp3) is 0.462. The molecule has 0 aliphatic heterocycles. The Bertz CT molecular complexity index is 1860. The monoisotopic (exact) mass is 758 g/mol. The van der Waals surface area contributed by atoms with E-state index in [0.29, 0.717) is 35.7 Å². The summed E-state index contributed by atoms with van der Waals surface area (Å²) in [4.78, 5) is 47.2. The summed E-state index contributed by atoms with van der Waals surface area (Å²) in [5.74, 6) is 1.46. The SMILES string of the molecule is Cn1ncc(-c2nc(NC3CCC(N(CCCCCCNC(=O)Oc4ccc([N+](=O)[O-])cc4)C(=O)OCc4ccccc4)CC3)ncc2Cl)c1CC1CC1. The number of aromatic nitrogens is 4. The van der Waals surface area contributed by atoms with Gasteiger partial charge < -0.3 is 25.0 Å². The Morgan fingerprint density at radius 3 is 2.44 bits per heavy atom. The highest BCUT2D eigenvalue weighted by Gasteiger charge is 2.31. The number of carbonyl (C=O) groups excluding carboxylic acids is 2. The Morgan fingerprint density at radius 2 is 1.72 bits per heavy atom. The van der Waals surface area contributed by atoms with Crippen LogP contribution in [0, 0.1) is 16.0 Å². The number of nitrogens with one attached hydrogen (secondary N) is 2. The molecule has 2 aliphatic rings. The molecule has 2 aromatic carbocycles. The first kappa shape index (κ1) is 38.5. The van der Waals surface area contributed by atoms with Gasteiger partial charge in [-0.25, -0.2) is 19.6 Å². The highest BCUT2D eigenvalue weighted by molar-refractivity contribution is 6.33. The number of hydrogen-bond acceptors (Lipinski definition) is 10. The van der Waals surface area contributed by atoms with Gasteiger partial charge in [-0.2, -0.15) is 5.10 Å². The van der Waals surface area contributed by atoms with Crippen molar-refractivity contribution in [1.82, 2.24) is 30.0 Å². The first-order valence-electron chi connectivity index (χ1n) is 18.7. The molecule has 286 valence electrons. The largest absolute Gasteiger partial charge is 0.445 e. The number of nitrogens with zero attached hydrogens (tertiary/aromatic N) is 6. The summed E-state index contributed by atoms with van der Waals surface area (Å²) in [7, 11) is 1.96. The van der Waals surface area contributed by atoms with Crippen molar-refractivity contribution in [2.45, 2.75) is 89.3 Å². The first-order valence-corrected chi connectivity index (χ1v) is 19.1. The van der Waals surface area contributed by atoms with E-state index in [9.17, 15) is 19.7 Å². The summed E-state index contributed by atoms with van der Waals surface area (Å²) in [6.45, 7) is 1.21. The normalized spacial score (nSPS) is 16.7. The molecule has 2 fully saturated rings. The molecule has 0 atom stereocenters. The van der Waals surface area contributed by atoms with E-state index in [4.69, 9.17) is 26.1 Å². The zero-order chi connectivity index (χ0) is 37.9. The van der Waals surface area contributed by atoms with Gasteiger partial charge in [-0.15, -0.1) is 0 Å². The molecule has 0 saturated heterocycles. The fourth-order valence-corrected chi connectivity index (χ4v) is 6.99. The van der Waals surface area contributed by atoms with Crippen LogP contribution in [0.3, 0.4) is 0 Å². The summed E-state index contributed by atoms with van der Waals surface area (Å²) in [6.07, 6.45) is 12.6. The lowest BCUT2D eigenvalue weighted by atomic mass is 9.90. The number of hydrogen-bond donors (Lipinski definition) is 2. The number of amides is 2. The number of nitro benzene ring substituents is 1. The van der Waals surface area contributed by atoms with Crippen LogP contribution in [0.15, 0.2) is 67.0 Å². The number of carbonyl (C=O) groups is 2. The van der Waals surface area contributed by atoms with Crippen molar-refractivity contribution in [2.75, 3.05) is 18.4 Å². The highest BCUT2D eigenvalue weighted by Crippen LogP contribution is 2.37. The van der Waals surface area contributed by atoms with Gasteiger partial charge in [-0.1, -0.05) is 54.8 Å². The van der Waals surface area contributed by atoms with Gasteiger partial charge in [0.15, 0.2) is 0 Å². The summed E-state index contributed by atoms with van der Waals surface area (Å²) >= 11 is 6.61. The van der Waals surface area contributed by atoms with Crippen LogP contribution in [0.4, 0.5) is 21.2 Å². The van der Waals surface area contributed by atoms with Crippen LogP contribution >= 0.6 is 11.6 Å². The van der Waals surface area contributed by atoms with Gasteiger partial charge in [0.25, 0.3) is 5.69 Å². The number of benzene rings is 2. The van der Waals surface area contributed by atoms with Crippen molar-refractivity contribution in [3.05, 3.63) is 93.4 Å². The summed E-state index contributed by atoms with van der Waals surface area (Å²) in [5, 5.41) is 22.0. The maximum atomic E-state index is 13.5. The molecular formula is C39H47ClN8O6. The quantitative estimate of drug-likeness (QED) is 0.0610. The van der Waals surface area contributed by atoms with Crippen LogP contribution in [0.5, 0.6) is 5.75 Å². The number of anilines is 1. The van der Waals surface area contributed by atoms with E-state index in [1.807, 2.05) is 53.2 Å². The molecule has 4 aromatic rings. The minimum atomic E-state index is -0.615. The lowest BCUT2D eigenvalue weighted by molar-refractivity contribution is -0.384. The molecule has 6 rings (SSSR count). The predicted octanol–water partition coefficient (Wildman–Crippen LogP) is 8.10. The fourth-order valence-electron chi connectivity index (χ4n) is 6.79. The van der Waals surface area contributed by atoms with Gasteiger partial charge in [0.1, 0.15) is 12.4 Å². The van der Waals surface area contributed by atoms with E-state index in [1.54, 1.807) is 6.20 Å². The molecule has 2 amide bonds. The van der Waals surface area contributed by atoms with E-state index in [-0.39, 0.29) is 36.2 Å². The topological polar surface area (TPSA) is 167 Å². The van der Waals surface area contributed by atoms with Crippen molar-refractivity contribution in [1.29, 1.82) is 0 Å². The maximum absolute atomic E-state index is 13.5. The van der Waals surface area contributed by atoms with E-state index in [1.165, 1.54) is 37.1 Å². The van der Waals surface area contributed by atoms with Crippen LogP contribution in [0.2, 0.25) is 5.02 Å². The summed E-state index contributed by atoms with van der Waals surface area (Å²) < 4.78 is 12.9. The minimum Gasteiger partial charge on any atom is -0.445 e. The second kappa shape index (κ2) is 18.7. The van der Waals surface area contributed by atoms with E-state index >= 15 is 0 Å². The van der Waals surface area contributed by atoms with Crippen LogP contribution in [-0.2, 0) is 24.8 Å². The van der Waals surface area contributed by atoms with E-state index < -0.39 is 11.0 Å². The van der Waals surface area contributed by atoms with Gasteiger partial charge in [-0.05, 0) is 81.4 Å². The molecular weight excluding hydrogens is 712 g/mol. The first-order chi connectivity index (χ1) is 26.2. The molecule has 0 spiro atoms. The minimum absolute atomic E-state index is 0.0456. The van der Waals surface area contributed by atoms with Crippen LogP contribution < -0.4 is 15.4 Å². The molecule has 2 saturated carbocycles. The zero-order valence-electron chi connectivity index (χ0n) is 30.5. The average molecular weight is 759 g/mol.